The van der Waals surface area contributed by atoms with Crippen molar-refractivity contribution in [1.29, 1.82) is 0 Å². The molecule has 1 heterocycles. The van der Waals surface area contributed by atoms with E-state index in [2.05, 4.69) is 37.8 Å². The summed E-state index contributed by atoms with van der Waals surface area (Å²) in [5, 5.41) is 1.35. The largest absolute Gasteiger partial charge is 0.484 e. The predicted molar refractivity (Wildman–Crippen MR) is 126 cm³/mol. The number of carbonyl (C=O) groups is 1. The summed E-state index contributed by atoms with van der Waals surface area (Å²) >= 11 is 7.48. The Morgan fingerprint density at radius 2 is 1.80 bits per heavy atom. The molecule has 0 fully saturated rings. The fourth-order valence-electron chi connectivity index (χ4n) is 3.15. The molecule has 0 radical (unpaired) electrons. The van der Waals surface area contributed by atoms with Crippen LogP contribution < -0.4 is 9.64 Å². The number of fused-ring (bicyclic) bond motifs is 1. The molecule has 0 aliphatic heterocycles. The fourth-order valence-corrected chi connectivity index (χ4v) is 4.35. The van der Waals surface area contributed by atoms with Crippen molar-refractivity contribution in [1.82, 2.24) is 9.88 Å². The summed E-state index contributed by atoms with van der Waals surface area (Å²) in [6.07, 6.45) is 0.975. The van der Waals surface area contributed by atoms with Gasteiger partial charge in [0.15, 0.2) is 11.7 Å². The number of rotatable bonds is 10. The first-order chi connectivity index (χ1) is 14.5. The van der Waals surface area contributed by atoms with Gasteiger partial charge in [0.1, 0.15) is 5.75 Å². The Bertz CT molecular complexity index is 970. The summed E-state index contributed by atoms with van der Waals surface area (Å²) in [6, 6.07) is 13.3. The minimum absolute atomic E-state index is 0.0456. The van der Waals surface area contributed by atoms with E-state index in [4.69, 9.17) is 21.3 Å². The summed E-state index contributed by atoms with van der Waals surface area (Å²) in [6.45, 7) is 9.60. The van der Waals surface area contributed by atoms with Gasteiger partial charge in [-0.1, -0.05) is 49.8 Å². The highest BCUT2D eigenvalue weighted by Crippen LogP contribution is 2.30. The fraction of sp³-hybridized carbons (Fsp3) is 0.391. The molecule has 3 rings (SSSR count). The van der Waals surface area contributed by atoms with E-state index in [0.717, 1.165) is 41.4 Å². The van der Waals surface area contributed by atoms with Crippen LogP contribution in [0.3, 0.4) is 0 Å². The molecule has 0 saturated heterocycles. The smallest absolute Gasteiger partial charge is 0.266 e. The topological polar surface area (TPSA) is 45.7 Å². The van der Waals surface area contributed by atoms with E-state index >= 15 is 0 Å². The Balaban J connectivity index is 1.79. The molecule has 1 amide bonds. The molecule has 0 saturated carbocycles. The van der Waals surface area contributed by atoms with Crippen LogP contribution in [0.5, 0.6) is 5.75 Å². The number of hydrogen-bond acceptors (Lipinski definition) is 5. The van der Waals surface area contributed by atoms with Crippen molar-refractivity contribution < 1.29 is 9.53 Å². The number of thiazole rings is 1. The molecule has 0 aliphatic carbocycles. The Morgan fingerprint density at radius 3 is 2.47 bits per heavy atom. The van der Waals surface area contributed by atoms with Crippen molar-refractivity contribution in [2.45, 2.75) is 27.2 Å². The summed E-state index contributed by atoms with van der Waals surface area (Å²) in [5.41, 5.74) is 2.19. The monoisotopic (exact) mass is 445 g/mol. The average molecular weight is 446 g/mol. The van der Waals surface area contributed by atoms with Gasteiger partial charge in [-0.25, -0.2) is 4.98 Å². The highest BCUT2D eigenvalue weighted by Gasteiger charge is 2.21. The van der Waals surface area contributed by atoms with Gasteiger partial charge < -0.3 is 9.64 Å². The van der Waals surface area contributed by atoms with Crippen LogP contribution in [-0.2, 0) is 11.2 Å². The van der Waals surface area contributed by atoms with Crippen LogP contribution in [0.25, 0.3) is 10.2 Å². The van der Waals surface area contributed by atoms with Gasteiger partial charge in [-0.3, -0.25) is 9.69 Å². The van der Waals surface area contributed by atoms with Crippen LogP contribution in [-0.4, -0.2) is 48.6 Å². The summed E-state index contributed by atoms with van der Waals surface area (Å²) in [7, 11) is 0. The van der Waals surface area contributed by atoms with Crippen LogP contribution in [0.2, 0.25) is 5.02 Å². The lowest BCUT2D eigenvalue weighted by molar-refractivity contribution is -0.120. The number of benzene rings is 2. The normalized spacial score (nSPS) is 11.2. The van der Waals surface area contributed by atoms with Gasteiger partial charge in [0, 0.05) is 18.1 Å². The lowest BCUT2D eigenvalue weighted by atomic mass is 10.2. The van der Waals surface area contributed by atoms with Gasteiger partial charge >= 0.3 is 0 Å². The standard InChI is InChI=1S/C23H28ClN3O2S/c1-4-17-7-12-20-21(15-17)30-23(25-20)27(14-13-26(5-2)6-3)22(28)16-29-19-10-8-18(24)9-11-19/h7-12,15H,4-6,13-14,16H2,1-3H3. The molecule has 30 heavy (non-hydrogen) atoms. The zero-order chi connectivity index (χ0) is 21.5. The number of anilines is 1. The number of aromatic nitrogens is 1. The summed E-state index contributed by atoms with van der Waals surface area (Å²) in [4.78, 5) is 21.9. The first-order valence-electron chi connectivity index (χ1n) is 10.3. The maximum Gasteiger partial charge on any atom is 0.266 e. The second-order valence-electron chi connectivity index (χ2n) is 6.97. The lowest BCUT2D eigenvalue weighted by Gasteiger charge is -2.24. The lowest BCUT2D eigenvalue weighted by Crippen LogP contribution is -2.41. The molecule has 5 nitrogen and oxygen atoms in total. The number of ether oxygens (including phenoxy) is 1. The third-order valence-electron chi connectivity index (χ3n) is 5.09. The minimum atomic E-state index is -0.105. The van der Waals surface area contributed by atoms with Gasteiger partial charge in [0.2, 0.25) is 0 Å². The second-order valence-corrected chi connectivity index (χ2v) is 8.41. The second kappa shape index (κ2) is 10.8. The third kappa shape index (κ3) is 5.72. The van der Waals surface area contributed by atoms with E-state index in [-0.39, 0.29) is 12.5 Å². The van der Waals surface area contributed by atoms with Crippen molar-refractivity contribution in [2.75, 3.05) is 37.7 Å². The molecule has 1 aromatic heterocycles. The molecule has 0 N–H and O–H groups in total. The van der Waals surface area contributed by atoms with E-state index in [0.29, 0.717) is 17.3 Å². The molecule has 3 aromatic rings. The molecule has 2 aromatic carbocycles. The molecule has 0 spiro atoms. The van der Waals surface area contributed by atoms with Crippen LogP contribution in [0.4, 0.5) is 5.13 Å². The summed E-state index contributed by atoms with van der Waals surface area (Å²) in [5.74, 6) is 0.514. The van der Waals surface area contributed by atoms with Crippen LogP contribution >= 0.6 is 22.9 Å². The van der Waals surface area contributed by atoms with Gasteiger partial charge in [-0.15, -0.1) is 0 Å². The zero-order valence-corrected chi connectivity index (χ0v) is 19.3. The Kier molecular flexibility index (Phi) is 8.08. The molecule has 160 valence electrons. The number of nitrogens with zero attached hydrogens (tertiary/aromatic N) is 3. The van der Waals surface area contributed by atoms with E-state index < -0.39 is 0 Å². The molecule has 0 unspecified atom stereocenters. The number of amides is 1. The van der Waals surface area contributed by atoms with Crippen molar-refractivity contribution in [2.24, 2.45) is 0 Å². The van der Waals surface area contributed by atoms with E-state index in [1.54, 1.807) is 40.5 Å². The van der Waals surface area contributed by atoms with Gasteiger partial charge in [-0.2, -0.15) is 0 Å². The number of halogens is 1. The third-order valence-corrected chi connectivity index (χ3v) is 6.39. The Hall–Kier alpha value is -2.15. The predicted octanol–water partition coefficient (Wildman–Crippen LogP) is 5.27. The number of aryl methyl sites for hydroxylation is 1. The van der Waals surface area contributed by atoms with Crippen molar-refractivity contribution >= 4 is 44.2 Å². The molecular weight excluding hydrogens is 418 g/mol. The van der Waals surface area contributed by atoms with Gasteiger partial charge in [-0.05, 0) is 61.5 Å². The van der Waals surface area contributed by atoms with E-state index in [9.17, 15) is 4.79 Å². The van der Waals surface area contributed by atoms with Crippen molar-refractivity contribution in [3.8, 4) is 5.75 Å². The molecule has 0 bridgehead atoms. The summed E-state index contributed by atoms with van der Waals surface area (Å²) < 4.78 is 6.81. The molecule has 7 heteroatoms. The quantitative estimate of drug-likeness (QED) is 0.426. The first-order valence-corrected chi connectivity index (χ1v) is 11.5. The van der Waals surface area contributed by atoms with E-state index in [1.165, 1.54) is 5.56 Å². The maximum atomic E-state index is 13.1. The SMILES string of the molecule is CCc1ccc2nc(N(CCN(CC)CC)C(=O)COc3ccc(Cl)cc3)sc2c1. The number of carbonyl (C=O) groups excluding carboxylic acids is 1. The number of hydrogen-bond donors (Lipinski definition) is 0. The van der Waals surface area contributed by atoms with Gasteiger partial charge in [0.05, 0.1) is 10.2 Å². The molecular formula is C23H28ClN3O2S. The minimum Gasteiger partial charge on any atom is -0.484 e. The Morgan fingerprint density at radius 1 is 1.07 bits per heavy atom. The van der Waals surface area contributed by atoms with Crippen LogP contribution in [0, 0.1) is 0 Å². The zero-order valence-electron chi connectivity index (χ0n) is 17.7. The van der Waals surface area contributed by atoms with Crippen LogP contribution in [0.1, 0.15) is 26.3 Å². The van der Waals surface area contributed by atoms with Gasteiger partial charge in [0.25, 0.3) is 5.91 Å². The maximum absolute atomic E-state index is 13.1. The van der Waals surface area contributed by atoms with Crippen molar-refractivity contribution in [3.63, 3.8) is 0 Å². The Labute approximate surface area is 187 Å². The highest BCUT2D eigenvalue weighted by molar-refractivity contribution is 7.22. The molecule has 0 atom stereocenters. The van der Waals surface area contributed by atoms with Crippen LogP contribution in [0.15, 0.2) is 42.5 Å². The highest BCUT2D eigenvalue weighted by atomic mass is 35.5. The first kappa shape index (κ1) is 22.5. The number of likely N-dealkylation sites (N-methyl/N-ethyl adjacent to an activating group) is 1. The molecule has 0 aliphatic rings. The van der Waals surface area contributed by atoms with E-state index in [1.807, 2.05) is 6.07 Å². The van der Waals surface area contributed by atoms with Crippen molar-refractivity contribution in [3.05, 3.63) is 53.1 Å². The average Bonchev–Trinajstić information content (AvgIpc) is 3.19.